The first kappa shape index (κ1) is 10.4. The second kappa shape index (κ2) is 4.19. The van der Waals surface area contributed by atoms with E-state index in [2.05, 4.69) is 15.9 Å². The number of hydrogen-bond donors (Lipinski definition) is 0. The Hall–Kier alpha value is -0.0800. The van der Waals surface area contributed by atoms with E-state index < -0.39 is 0 Å². The first-order valence-electron chi connectivity index (χ1n) is 4.75. The van der Waals surface area contributed by atoms with Gasteiger partial charge in [0.15, 0.2) is 0 Å². The summed E-state index contributed by atoms with van der Waals surface area (Å²) in [4.78, 5) is 0.372. The Labute approximate surface area is 96.6 Å². The van der Waals surface area contributed by atoms with E-state index >= 15 is 0 Å². The predicted octanol–water partition coefficient (Wildman–Crippen LogP) is 4.20. The fourth-order valence-corrected chi connectivity index (χ4v) is 2.64. The van der Waals surface area contributed by atoms with Crippen molar-refractivity contribution < 1.29 is 4.39 Å². The number of hydrogen-bond acceptors (Lipinski definition) is 0. The number of rotatable bonds is 3. The molecule has 0 saturated heterocycles. The minimum absolute atomic E-state index is 0.192. The highest BCUT2D eigenvalue weighted by Gasteiger charge is 2.30. The highest BCUT2D eigenvalue weighted by molar-refractivity contribution is 9.09. The molecule has 14 heavy (non-hydrogen) atoms. The standard InChI is InChI=1S/C11H11BrClF/c12-9(7-4-5-7)6-8-10(13)2-1-3-11(8)14/h1-3,7,9H,4-6H2. The minimum Gasteiger partial charge on any atom is -0.207 e. The van der Waals surface area contributed by atoms with Crippen molar-refractivity contribution in [3.63, 3.8) is 0 Å². The van der Waals surface area contributed by atoms with Crippen LogP contribution in [-0.4, -0.2) is 4.83 Å². The minimum atomic E-state index is -0.192. The lowest BCUT2D eigenvalue weighted by Gasteiger charge is -2.10. The summed E-state index contributed by atoms with van der Waals surface area (Å²) in [6.07, 6.45) is 3.19. The van der Waals surface area contributed by atoms with Crippen LogP contribution in [0.5, 0.6) is 0 Å². The zero-order valence-corrected chi connectivity index (χ0v) is 9.98. The topological polar surface area (TPSA) is 0 Å². The Balaban J connectivity index is 2.14. The lowest BCUT2D eigenvalue weighted by Crippen LogP contribution is -2.07. The van der Waals surface area contributed by atoms with Gasteiger partial charge >= 0.3 is 0 Å². The van der Waals surface area contributed by atoms with Gasteiger partial charge in [-0.1, -0.05) is 33.6 Å². The van der Waals surface area contributed by atoms with Crippen LogP contribution in [0.3, 0.4) is 0 Å². The van der Waals surface area contributed by atoms with E-state index in [0.717, 1.165) is 0 Å². The van der Waals surface area contributed by atoms with Gasteiger partial charge in [0.05, 0.1) is 0 Å². The van der Waals surface area contributed by atoms with E-state index in [1.165, 1.54) is 18.9 Å². The molecule has 0 spiro atoms. The van der Waals surface area contributed by atoms with E-state index in [0.29, 0.717) is 27.8 Å². The summed E-state index contributed by atoms with van der Waals surface area (Å²) in [5.41, 5.74) is 0.642. The van der Waals surface area contributed by atoms with E-state index in [9.17, 15) is 4.39 Å². The zero-order chi connectivity index (χ0) is 10.1. The van der Waals surface area contributed by atoms with E-state index in [-0.39, 0.29) is 5.82 Å². The molecular weight excluding hydrogens is 266 g/mol. The second-order valence-electron chi connectivity index (χ2n) is 3.76. The van der Waals surface area contributed by atoms with Crippen LogP contribution < -0.4 is 0 Å². The van der Waals surface area contributed by atoms with Crippen molar-refractivity contribution in [2.45, 2.75) is 24.1 Å². The van der Waals surface area contributed by atoms with Gasteiger partial charge in [0, 0.05) is 15.4 Å². The van der Waals surface area contributed by atoms with Crippen molar-refractivity contribution in [2.75, 3.05) is 0 Å². The van der Waals surface area contributed by atoms with Crippen molar-refractivity contribution in [3.05, 3.63) is 34.6 Å². The van der Waals surface area contributed by atoms with Crippen molar-refractivity contribution in [2.24, 2.45) is 5.92 Å². The van der Waals surface area contributed by atoms with Crippen molar-refractivity contribution in [3.8, 4) is 0 Å². The Kier molecular flexibility index (Phi) is 3.13. The first-order valence-corrected chi connectivity index (χ1v) is 6.05. The lowest BCUT2D eigenvalue weighted by atomic mass is 10.1. The molecule has 1 atom stereocenters. The van der Waals surface area contributed by atoms with Crippen LogP contribution in [0, 0.1) is 11.7 Å². The van der Waals surface area contributed by atoms with Gasteiger partial charge in [-0.2, -0.15) is 0 Å². The smallest absolute Gasteiger partial charge is 0.127 e. The maximum atomic E-state index is 13.4. The third kappa shape index (κ3) is 2.29. The largest absolute Gasteiger partial charge is 0.207 e. The lowest BCUT2D eigenvalue weighted by molar-refractivity contribution is 0.602. The van der Waals surface area contributed by atoms with Crippen LogP contribution >= 0.6 is 27.5 Å². The van der Waals surface area contributed by atoms with Gasteiger partial charge in [-0.3, -0.25) is 0 Å². The maximum Gasteiger partial charge on any atom is 0.127 e. The molecule has 0 bridgehead atoms. The summed E-state index contributed by atoms with van der Waals surface area (Å²) >= 11 is 9.52. The highest BCUT2D eigenvalue weighted by Crippen LogP contribution is 2.39. The summed E-state index contributed by atoms with van der Waals surface area (Å²) in [6, 6.07) is 4.85. The molecule has 1 saturated carbocycles. The molecule has 1 aliphatic rings. The maximum absolute atomic E-state index is 13.4. The Morgan fingerprint density at radius 2 is 2.21 bits per heavy atom. The van der Waals surface area contributed by atoms with Crippen LogP contribution in [-0.2, 0) is 6.42 Å². The van der Waals surface area contributed by atoms with E-state index in [1.54, 1.807) is 12.1 Å². The molecular formula is C11H11BrClF. The summed E-state index contributed by atoms with van der Waals surface area (Å²) in [5.74, 6) is 0.522. The number of benzene rings is 1. The molecule has 1 aliphatic carbocycles. The summed E-state index contributed by atoms with van der Waals surface area (Å²) in [5, 5.41) is 0.537. The van der Waals surface area contributed by atoms with Crippen molar-refractivity contribution in [1.82, 2.24) is 0 Å². The van der Waals surface area contributed by atoms with Crippen LogP contribution in [0.4, 0.5) is 4.39 Å². The third-order valence-electron chi connectivity index (χ3n) is 2.59. The molecule has 1 unspecified atom stereocenters. The molecule has 1 aromatic rings. The molecule has 0 nitrogen and oxygen atoms in total. The third-order valence-corrected chi connectivity index (χ3v) is 4.02. The predicted molar refractivity (Wildman–Crippen MR) is 60.6 cm³/mol. The normalized spacial score (nSPS) is 18.2. The van der Waals surface area contributed by atoms with Gasteiger partial charge < -0.3 is 0 Å². The average Bonchev–Trinajstić information content (AvgIpc) is 2.94. The van der Waals surface area contributed by atoms with E-state index in [4.69, 9.17) is 11.6 Å². The van der Waals surface area contributed by atoms with Crippen LogP contribution in [0.25, 0.3) is 0 Å². The zero-order valence-electron chi connectivity index (χ0n) is 7.64. The molecule has 3 heteroatoms. The molecule has 0 radical (unpaired) electrons. The number of halogens is 3. The monoisotopic (exact) mass is 276 g/mol. The number of alkyl halides is 1. The Morgan fingerprint density at radius 3 is 2.79 bits per heavy atom. The Bertz CT molecular complexity index is 316. The quantitative estimate of drug-likeness (QED) is 0.727. The van der Waals surface area contributed by atoms with Crippen molar-refractivity contribution >= 4 is 27.5 Å². The Morgan fingerprint density at radius 1 is 1.50 bits per heavy atom. The highest BCUT2D eigenvalue weighted by atomic mass is 79.9. The average molecular weight is 278 g/mol. The molecule has 0 amide bonds. The van der Waals surface area contributed by atoms with Gasteiger partial charge in [0.2, 0.25) is 0 Å². The molecule has 1 aromatic carbocycles. The first-order chi connectivity index (χ1) is 6.68. The van der Waals surface area contributed by atoms with Crippen LogP contribution in [0.2, 0.25) is 5.02 Å². The fraction of sp³-hybridized carbons (Fsp3) is 0.455. The molecule has 0 aliphatic heterocycles. The fourth-order valence-electron chi connectivity index (χ4n) is 1.55. The van der Waals surface area contributed by atoms with Gasteiger partial charge in [0.1, 0.15) is 5.82 Å². The molecule has 76 valence electrons. The SMILES string of the molecule is Fc1cccc(Cl)c1CC(Br)C1CC1. The molecule has 0 aromatic heterocycles. The van der Waals surface area contributed by atoms with Crippen LogP contribution in [0.1, 0.15) is 18.4 Å². The summed E-state index contributed by atoms with van der Waals surface area (Å²) in [6.45, 7) is 0. The molecule has 0 heterocycles. The van der Waals surface area contributed by atoms with E-state index in [1.807, 2.05) is 0 Å². The summed E-state index contributed by atoms with van der Waals surface area (Å²) in [7, 11) is 0. The van der Waals surface area contributed by atoms with Gasteiger partial charge in [0.25, 0.3) is 0 Å². The van der Waals surface area contributed by atoms with Crippen LogP contribution in [0.15, 0.2) is 18.2 Å². The molecule has 2 rings (SSSR count). The summed E-state index contributed by atoms with van der Waals surface area (Å²) < 4.78 is 13.4. The van der Waals surface area contributed by atoms with Crippen molar-refractivity contribution in [1.29, 1.82) is 0 Å². The van der Waals surface area contributed by atoms with Gasteiger partial charge in [-0.15, -0.1) is 0 Å². The second-order valence-corrected chi connectivity index (χ2v) is 5.34. The van der Waals surface area contributed by atoms with Gasteiger partial charge in [-0.05, 0) is 37.3 Å². The molecule has 1 fully saturated rings. The van der Waals surface area contributed by atoms with Gasteiger partial charge in [-0.25, -0.2) is 4.39 Å². The molecule has 0 N–H and O–H groups in total.